The first kappa shape index (κ1) is 12.3. The molecule has 0 fully saturated rings. The topological polar surface area (TPSA) is 115 Å². The molecule has 0 aliphatic heterocycles. The predicted octanol–water partition coefficient (Wildman–Crippen LogP) is 1.32. The second kappa shape index (κ2) is 4.55. The van der Waals surface area contributed by atoms with E-state index in [4.69, 9.17) is 10.2 Å². The lowest BCUT2D eigenvalue weighted by Gasteiger charge is -2.03. The number of nitrogen functional groups attached to an aromatic ring is 1. The molecule has 8 nitrogen and oxygen atoms in total. The van der Waals surface area contributed by atoms with Gasteiger partial charge < -0.3 is 10.2 Å². The van der Waals surface area contributed by atoms with Gasteiger partial charge in [-0.1, -0.05) is 0 Å². The molecule has 0 radical (unpaired) electrons. The number of hydrogen-bond acceptors (Lipinski definition) is 6. The molecule has 4 aromatic rings. The number of aromatic nitrogens is 5. The molecule has 108 valence electrons. The summed E-state index contributed by atoms with van der Waals surface area (Å²) in [4.78, 5) is 19.7. The lowest BCUT2D eigenvalue weighted by atomic mass is 10.2. The fraction of sp³-hybridized carbons (Fsp3) is 0. The summed E-state index contributed by atoms with van der Waals surface area (Å²) >= 11 is 0. The molecule has 4 rings (SSSR count). The van der Waals surface area contributed by atoms with Crippen LogP contribution < -0.4 is 11.2 Å². The highest BCUT2D eigenvalue weighted by molar-refractivity contribution is 5.64. The standard InChI is InChI=1S/C14H10N6O2/c15-14-16-9(11-2-1-5-22-11)7-10(17-14)13-19-18-12-6-8(21)3-4-20(12)13/h1-7,18H,(H2,15,16,17). The van der Waals surface area contributed by atoms with Gasteiger partial charge in [-0.25, -0.2) is 9.97 Å². The average Bonchev–Trinajstić information content (AvgIpc) is 3.15. The molecule has 0 aliphatic carbocycles. The van der Waals surface area contributed by atoms with E-state index in [0.29, 0.717) is 28.6 Å². The van der Waals surface area contributed by atoms with Crippen molar-refractivity contribution in [2.24, 2.45) is 0 Å². The van der Waals surface area contributed by atoms with E-state index < -0.39 is 0 Å². The van der Waals surface area contributed by atoms with Crippen molar-refractivity contribution in [1.29, 1.82) is 0 Å². The summed E-state index contributed by atoms with van der Waals surface area (Å²) in [6.45, 7) is 0. The first-order valence-electron chi connectivity index (χ1n) is 6.46. The first-order chi connectivity index (χ1) is 10.7. The van der Waals surface area contributed by atoms with Crippen molar-refractivity contribution in [3.63, 3.8) is 0 Å². The lowest BCUT2D eigenvalue weighted by Crippen LogP contribution is -2.02. The molecule has 0 spiro atoms. The van der Waals surface area contributed by atoms with Gasteiger partial charge in [-0.2, -0.15) is 5.10 Å². The van der Waals surface area contributed by atoms with Gasteiger partial charge >= 0.3 is 0 Å². The van der Waals surface area contributed by atoms with Crippen molar-refractivity contribution < 1.29 is 4.42 Å². The van der Waals surface area contributed by atoms with Gasteiger partial charge in [0.25, 0.3) is 0 Å². The number of rotatable bonds is 2. The van der Waals surface area contributed by atoms with E-state index in [1.807, 2.05) is 0 Å². The van der Waals surface area contributed by atoms with Gasteiger partial charge in [0, 0.05) is 18.3 Å². The van der Waals surface area contributed by atoms with Gasteiger partial charge in [0.2, 0.25) is 5.95 Å². The third-order valence-electron chi connectivity index (χ3n) is 3.18. The Bertz CT molecular complexity index is 1020. The Morgan fingerprint density at radius 2 is 2.05 bits per heavy atom. The van der Waals surface area contributed by atoms with Crippen LogP contribution in [0.1, 0.15) is 0 Å². The minimum absolute atomic E-state index is 0.103. The average molecular weight is 294 g/mol. The van der Waals surface area contributed by atoms with Crippen LogP contribution in [0.25, 0.3) is 28.6 Å². The highest BCUT2D eigenvalue weighted by Crippen LogP contribution is 2.23. The molecule has 0 saturated heterocycles. The summed E-state index contributed by atoms with van der Waals surface area (Å²) in [5, 5.41) is 6.98. The van der Waals surface area contributed by atoms with Crippen LogP contribution in [0, 0.1) is 0 Å². The van der Waals surface area contributed by atoms with Crippen LogP contribution in [0.15, 0.2) is 52.0 Å². The van der Waals surface area contributed by atoms with Crippen molar-refractivity contribution in [2.75, 3.05) is 5.73 Å². The molecule has 0 bridgehead atoms. The monoisotopic (exact) mass is 294 g/mol. The number of nitrogens with two attached hydrogens (primary N) is 1. The number of nitrogens with one attached hydrogen (secondary N) is 1. The number of anilines is 1. The second-order valence-corrected chi connectivity index (χ2v) is 4.64. The second-order valence-electron chi connectivity index (χ2n) is 4.64. The molecule has 0 atom stereocenters. The number of H-pyrrole nitrogens is 1. The fourth-order valence-corrected chi connectivity index (χ4v) is 2.23. The summed E-state index contributed by atoms with van der Waals surface area (Å²) in [5.41, 5.74) is 7.33. The molecule has 4 aromatic heterocycles. The van der Waals surface area contributed by atoms with Crippen LogP contribution in [0.5, 0.6) is 0 Å². The van der Waals surface area contributed by atoms with Crippen LogP contribution in [-0.4, -0.2) is 24.6 Å². The Balaban J connectivity index is 1.93. The molecule has 0 aromatic carbocycles. The van der Waals surface area contributed by atoms with Crippen molar-refractivity contribution >= 4 is 11.6 Å². The normalized spacial score (nSPS) is 11.1. The van der Waals surface area contributed by atoms with Crippen LogP contribution in [0.3, 0.4) is 0 Å². The number of hydrogen-bond donors (Lipinski definition) is 2. The van der Waals surface area contributed by atoms with E-state index >= 15 is 0 Å². The number of aromatic amines is 1. The molecular formula is C14H10N6O2. The first-order valence-corrected chi connectivity index (χ1v) is 6.46. The quantitative estimate of drug-likeness (QED) is 0.576. The third-order valence-corrected chi connectivity index (χ3v) is 3.18. The zero-order valence-corrected chi connectivity index (χ0v) is 11.2. The van der Waals surface area contributed by atoms with Gasteiger partial charge in [-0.3, -0.25) is 14.3 Å². The zero-order chi connectivity index (χ0) is 15.1. The molecule has 4 heterocycles. The molecule has 3 N–H and O–H groups in total. The van der Waals surface area contributed by atoms with Crippen LogP contribution >= 0.6 is 0 Å². The Morgan fingerprint density at radius 3 is 2.86 bits per heavy atom. The summed E-state index contributed by atoms with van der Waals surface area (Å²) in [7, 11) is 0. The molecule has 22 heavy (non-hydrogen) atoms. The highest BCUT2D eigenvalue weighted by Gasteiger charge is 2.13. The van der Waals surface area contributed by atoms with Crippen molar-refractivity contribution in [2.45, 2.75) is 0 Å². The Morgan fingerprint density at radius 1 is 1.18 bits per heavy atom. The van der Waals surface area contributed by atoms with Gasteiger partial charge in [-0.05, 0) is 18.2 Å². The highest BCUT2D eigenvalue weighted by atomic mass is 16.3. The van der Waals surface area contributed by atoms with E-state index in [0.717, 1.165) is 0 Å². The molecular weight excluding hydrogens is 284 g/mol. The van der Waals surface area contributed by atoms with Crippen LogP contribution in [0.4, 0.5) is 5.95 Å². The van der Waals surface area contributed by atoms with Crippen LogP contribution in [0.2, 0.25) is 0 Å². The summed E-state index contributed by atoms with van der Waals surface area (Å²) in [6.07, 6.45) is 3.18. The number of nitrogens with zero attached hydrogens (tertiary/aromatic N) is 4. The minimum Gasteiger partial charge on any atom is -0.463 e. The number of furan rings is 1. The fourth-order valence-electron chi connectivity index (χ4n) is 2.23. The molecule has 8 heteroatoms. The van der Waals surface area contributed by atoms with E-state index in [-0.39, 0.29) is 11.4 Å². The lowest BCUT2D eigenvalue weighted by molar-refractivity contribution is 0.580. The van der Waals surface area contributed by atoms with Crippen LogP contribution in [-0.2, 0) is 0 Å². The third kappa shape index (κ3) is 1.94. The van der Waals surface area contributed by atoms with Crippen molar-refractivity contribution in [3.05, 3.63) is 53.0 Å². The van der Waals surface area contributed by atoms with E-state index in [9.17, 15) is 4.79 Å². The van der Waals surface area contributed by atoms with Gasteiger partial charge in [0.05, 0.1) is 6.26 Å². The zero-order valence-electron chi connectivity index (χ0n) is 11.2. The van der Waals surface area contributed by atoms with E-state index in [1.54, 1.807) is 35.1 Å². The molecule has 0 unspecified atom stereocenters. The van der Waals surface area contributed by atoms with Gasteiger partial charge in [-0.15, -0.1) is 0 Å². The number of fused-ring (bicyclic) bond motifs is 1. The molecule has 0 saturated carbocycles. The maximum absolute atomic E-state index is 11.4. The maximum Gasteiger partial charge on any atom is 0.221 e. The molecule has 0 aliphatic rings. The largest absolute Gasteiger partial charge is 0.463 e. The summed E-state index contributed by atoms with van der Waals surface area (Å²) in [5.74, 6) is 1.22. The summed E-state index contributed by atoms with van der Waals surface area (Å²) < 4.78 is 7.05. The Labute approximate surface area is 123 Å². The SMILES string of the molecule is Nc1nc(-c2ccco2)cc(-c2n[nH]c3cc(=O)ccn23)n1. The maximum atomic E-state index is 11.4. The Hall–Kier alpha value is -3.42. The Kier molecular flexibility index (Phi) is 2.55. The summed E-state index contributed by atoms with van der Waals surface area (Å²) in [6, 6.07) is 8.17. The van der Waals surface area contributed by atoms with Crippen molar-refractivity contribution in [1.82, 2.24) is 24.6 Å². The van der Waals surface area contributed by atoms with Gasteiger partial charge in [0.1, 0.15) is 17.0 Å². The minimum atomic E-state index is -0.103. The van der Waals surface area contributed by atoms with E-state index in [1.165, 1.54) is 12.1 Å². The predicted molar refractivity (Wildman–Crippen MR) is 79.0 cm³/mol. The van der Waals surface area contributed by atoms with E-state index in [2.05, 4.69) is 20.2 Å². The number of pyridine rings is 1. The van der Waals surface area contributed by atoms with Gasteiger partial charge in [0.15, 0.2) is 17.0 Å². The molecule has 0 amide bonds. The van der Waals surface area contributed by atoms with Crippen molar-refractivity contribution in [3.8, 4) is 23.0 Å². The smallest absolute Gasteiger partial charge is 0.221 e.